The van der Waals surface area contributed by atoms with E-state index in [9.17, 15) is 22.8 Å². The molecule has 0 unspecified atom stereocenters. The monoisotopic (exact) mass is 389 g/mol. The first kappa shape index (κ1) is 17.9. The fourth-order valence-corrected chi connectivity index (χ4v) is 4.91. The van der Waals surface area contributed by atoms with Crippen LogP contribution in [0.3, 0.4) is 0 Å². The van der Waals surface area contributed by atoms with Crippen molar-refractivity contribution in [2.75, 3.05) is 5.32 Å². The van der Waals surface area contributed by atoms with Gasteiger partial charge >= 0.3 is 0 Å². The summed E-state index contributed by atoms with van der Waals surface area (Å²) in [6.45, 7) is 1.51. The highest BCUT2D eigenvalue weighted by Gasteiger charge is 2.60. The molecule has 1 heterocycles. The van der Waals surface area contributed by atoms with Gasteiger partial charge in [-0.3, -0.25) is 19.3 Å². The molecule has 1 aliphatic heterocycles. The predicted octanol–water partition coefficient (Wildman–Crippen LogP) is 0.468. The number of nitrogens with two attached hydrogens (primary N) is 1. The van der Waals surface area contributed by atoms with E-state index in [-0.39, 0.29) is 40.4 Å². The second kappa shape index (κ2) is 6.00. The predicted molar refractivity (Wildman–Crippen MR) is 95.5 cm³/mol. The third-order valence-corrected chi connectivity index (χ3v) is 6.65. The lowest BCUT2D eigenvalue weighted by atomic mass is 9.85. The van der Waals surface area contributed by atoms with Crippen molar-refractivity contribution in [1.29, 1.82) is 0 Å². The van der Waals surface area contributed by atoms with Crippen molar-refractivity contribution >= 4 is 33.4 Å². The van der Waals surface area contributed by atoms with Crippen molar-refractivity contribution in [2.24, 2.45) is 28.8 Å². The molecule has 1 aromatic carbocycles. The van der Waals surface area contributed by atoms with E-state index in [2.05, 4.69) is 5.32 Å². The number of benzene rings is 1. The lowest BCUT2D eigenvalue weighted by Gasteiger charge is -2.23. The summed E-state index contributed by atoms with van der Waals surface area (Å²) in [4.78, 5) is 39.1. The maximum absolute atomic E-state index is 12.8. The fourth-order valence-electron chi connectivity index (χ4n) is 4.40. The minimum Gasteiger partial charge on any atom is -0.324 e. The molecule has 27 heavy (non-hydrogen) atoms. The van der Waals surface area contributed by atoms with Gasteiger partial charge in [0.2, 0.25) is 27.7 Å². The second-order valence-corrected chi connectivity index (χ2v) is 8.84. The van der Waals surface area contributed by atoms with Crippen LogP contribution in [0.5, 0.6) is 0 Å². The number of carbonyl (C=O) groups excluding carboxylic acids is 3. The summed E-state index contributed by atoms with van der Waals surface area (Å²) in [5.41, 5.74) is 0.347. The number of sulfonamides is 1. The van der Waals surface area contributed by atoms with Crippen molar-refractivity contribution < 1.29 is 22.8 Å². The van der Waals surface area contributed by atoms with Crippen molar-refractivity contribution in [2.45, 2.75) is 24.3 Å². The number of likely N-dealkylation sites (tertiary alicyclic amines) is 1. The lowest BCUT2D eigenvalue weighted by molar-refractivity contribution is -0.146. The summed E-state index contributed by atoms with van der Waals surface area (Å²) >= 11 is 0. The summed E-state index contributed by atoms with van der Waals surface area (Å²) in [6, 6.07) is 4.40. The molecule has 2 bridgehead atoms. The first-order chi connectivity index (χ1) is 12.7. The van der Waals surface area contributed by atoms with Crippen LogP contribution in [0.15, 0.2) is 41.3 Å². The molecule has 2 fully saturated rings. The van der Waals surface area contributed by atoms with E-state index < -0.39 is 22.0 Å². The molecule has 0 aromatic heterocycles. The van der Waals surface area contributed by atoms with Gasteiger partial charge < -0.3 is 5.32 Å². The number of primary sulfonamides is 1. The van der Waals surface area contributed by atoms with Gasteiger partial charge in [0.25, 0.3) is 0 Å². The lowest BCUT2D eigenvalue weighted by Crippen LogP contribution is -2.46. The minimum atomic E-state index is -3.82. The molecule has 1 aromatic rings. The Hall–Kier alpha value is -2.52. The van der Waals surface area contributed by atoms with E-state index in [4.69, 9.17) is 5.14 Å². The zero-order valence-corrected chi connectivity index (χ0v) is 15.3. The van der Waals surface area contributed by atoms with Crippen LogP contribution in [-0.2, 0) is 24.4 Å². The molecule has 0 spiro atoms. The Kier molecular flexibility index (Phi) is 3.97. The molecule has 8 nitrogen and oxygen atoms in total. The van der Waals surface area contributed by atoms with Gasteiger partial charge in [-0.2, -0.15) is 0 Å². The van der Waals surface area contributed by atoms with Crippen LogP contribution < -0.4 is 10.5 Å². The highest BCUT2D eigenvalue weighted by atomic mass is 32.2. The van der Waals surface area contributed by atoms with Gasteiger partial charge in [0, 0.05) is 5.69 Å². The highest BCUT2D eigenvalue weighted by molar-refractivity contribution is 7.89. The fraction of sp³-hybridized carbons (Fsp3) is 0.389. The summed E-state index contributed by atoms with van der Waals surface area (Å²) in [6.07, 6.45) is 4.83. The number of fused-ring (bicyclic) bond motifs is 5. The Morgan fingerprint density at radius 1 is 1.11 bits per heavy atom. The first-order valence-corrected chi connectivity index (χ1v) is 10.2. The quantitative estimate of drug-likeness (QED) is 0.572. The molecule has 0 radical (unpaired) electrons. The maximum Gasteiger partial charge on any atom is 0.247 e. The number of rotatable bonds is 4. The zero-order valence-electron chi connectivity index (χ0n) is 14.5. The molecule has 3 amide bonds. The summed E-state index contributed by atoms with van der Waals surface area (Å²) in [5.74, 6) is -1.61. The van der Waals surface area contributed by atoms with Gasteiger partial charge in [-0.15, -0.1) is 0 Å². The summed E-state index contributed by atoms with van der Waals surface area (Å²) < 4.78 is 22.6. The minimum absolute atomic E-state index is 0.0748. The van der Waals surface area contributed by atoms with Crippen molar-refractivity contribution in [3.05, 3.63) is 36.4 Å². The van der Waals surface area contributed by atoms with Gasteiger partial charge in [0.05, 0.1) is 16.7 Å². The van der Waals surface area contributed by atoms with E-state index >= 15 is 0 Å². The van der Waals surface area contributed by atoms with E-state index in [1.165, 1.54) is 31.2 Å². The Balaban J connectivity index is 1.48. The van der Waals surface area contributed by atoms with Crippen molar-refractivity contribution in [3.63, 3.8) is 0 Å². The van der Waals surface area contributed by atoms with Crippen LogP contribution in [0.1, 0.15) is 13.3 Å². The average molecular weight is 389 g/mol. The number of imide groups is 1. The zero-order chi connectivity index (χ0) is 19.5. The SMILES string of the molecule is C[C@@H](C(=O)Nc1ccc(S(N)(=O)=O)cc1)N1C(=O)[C@@H]2[C@@H](C1=O)[C@H]1C=C[C@@H]2C1. The number of anilines is 1. The van der Waals surface area contributed by atoms with Crippen LogP contribution in [0.25, 0.3) is 0 Å². The standard InChI is InChI=1S/C18H19N3O5S/c1-9(16(22)20-12-4-6-13(7-5-12)27(19,25)26)21-17(23)14-10-2-3-11(8-10)15(14)18(21)24/h2-7,9-11,14-15H,8H2,1H3,(H,20,22)(H2,19,25,26)/t9-,10-,11+,14-,15-/m0/s1. The molecule has 3 N–H and O–H groups in total. The van der Waals surface area contributed by atoms with Crippen molar-refractivity contribution in [3.8, 4) is 0 Å². The van der Waals surface area contributed by atoms with Crippen molar-refractivity contribution in [1.82, 2.24) is 4.90 Å². The summed E-state index contributed by atoms with van der Waals surface area (Å²) in [7, 11) is -3.82. The summed E-state index contributed by atoms with van der Waals surface area (Å²) in [5, 5.41) is 7.65. The van der Waals surface area contributed by atoms with Crippen LogP contribution in [0.4, 0.5) is 5.69 Å². The van der Waals surface area contributed by atoms with Crippen LogP contribution >= 0.6 is 0 Å². The van der Waals surface area contributed by atoms with Gasteiger partial charge in [0.15, 0.2) is 0 Å². The molecular formula is C18H19N3O5S. The van der Waals surface area contributed by atoms with Crippen LogP contribution in [0.2, 0.25) is 0 Å². The van der Waals surface area contributed by atoms with E-state index in [0.29, 0.717) is 5.69 Å². The molecule has 1 saturated carbocycles. The normalized spacial score (nSPS) is 29.9. The molecule has 9 heteroatoms. The van der Waals surface area contributed by atoms with E-state index in [0.717, 1.165) is 11.3 Å². The Bertz CT molecular complexity index is 939. The van der Waals surface area contributed by atoms with E-state index in [1.807, 2.05) is 12.2 Å². The number of nitrogens with zero attached hydrogens (tertiary/aromatic N) is 1. The highest BCUT2D eigenvalue weighted by Crippen LogP contribution is 2.52. The number of hydrogen-bond donors (Lipinski definition) is 2. The molecular weight excluding hydrogens is 370 g/mol. The smallest absolute Gasteiger partial charge is 0.247 e. The van der Waals surface area contributed by atoms with E-state index in [1.54, 1.807) is 0 Å². The number of amides is 3. The number of carbonyl (C=O) groups is 3. The number of allylic oxidation sites excluding steroid dienone is 2. The Labute approximate surface area is 156 Å². The van der Waals surface area contributed by atoms with Crippen LogP contribution in [0, 0.1) is 23.7 Å². The molecule has 3 aliphatic rings. The first-order valence-electron chi connectivity index (χ1n) is 8.67. The molecule has 142 valence electrons. The molecule has 2 aliphatic carbocycles. The van der Waals surface area contributed by atoms with Gasteiger partial charge in [-0.05, 0) is 49.4 Å². The third kappa shape index (κ3) is 2.78. The number of nitrogens with one attached hydrogen (secondary N) is 1. The number of hydrogen-bond acceptors (Lipinski definition) is 5. The molecule has 5 atom stereocenters. The third-order valence-electron chi connectivity index (χ3n) is 5.72. The average Bonchev–Trinajstić information content (AvgIpc) is 3.28. The van der Waals surface area contributed by atoms with Gasteiger partial charge in [-0.1, -0.05) is 12.2 Å². The molecule has 1 saturated heterocycles. The largest absolute Gasteiger partial charge is 0.324 e. The van der Waals surface area contributed by atoms with Gasteiger partial charge in [0.1, 0.15) is 6.04 Å². The maximum atomic E-state index is 12.8. The van der Waals surface area contributed by atoms with Gasteiger partial charge in [-0.25, -0.2) is 13.6 Å². The van der Waals surface area contributed by atoms with Crippen LogP contribution in [-0.4, -0.2) is 37.1 Å². The topological polar surface area (TPSA) is 127 Å². The Morgan fingerprint density at radius 2 is 1.63 bits per heavy atom. The second-order valence-electron chi connectivity index (χ2n) is 7.28. The Morgan fingerprint density at radius 3 is 2.11 bits per heavy atom. The molecule has 4 rings (SSSR count).